The van der Waals surface area contributed by atoms with Crippen LogP contribution in [0, 0.1) is 0 Å². The molecule has 0 aliphatic heterocycles. The molecule has 14 heavy (non-hydrogen) atoms. The van der Waals surface area contributed by atoms with Gasteiger partial charge in [0.2, 0.25) is 0 Å². The minimum absolute atomic E-state index is 0.709. The van der Waals surface area contributed by atoms with Crippen LogP contribution in [0.1, 0.15) is 12.5 Å². The number of fused-ring (bicyclic) bond motifs is 1. The van der Waals surface area contributed by atoms with E-state index in [1.807, 2.05) is 12.1 Å². The molecule has 2 aromatic rings. The van der Waals surface area contributed by atoms with E-state index in [1.54, 1.807) is 6.20 Å². The number of benzene rings is 1. The molecule has 1 aromatic carbocycles. The zero-order valence-electron chi connectivity index (χ0n) is 7.59. The third-order valence-electron chi connectivity index (χ3n) is 2.14. The minimum atomic E-state index is 0.709. The molecule has 1 heterocycles. The first kappa shape index (κ1) is 9.87. The van der Waals surface area contributed by atoms with E-state index in [-0.39, 0.29) is 0 Å². The monoisotopic (exact) mass is 270 g/mol. The summed E-state index contributed by atoms with van der Waals surface area (Å²) in [5.41, 5.74) is 2.05. The second-order valence-electron chi connectivity index (χ2n) is 3.01. The van der Waals surface area contributed by atoms with Gasteiger partial charge in [-0.2, -0.15) is 10.2 Å². The predicted molar refractivity (Wildman–Crippen MR) is 61.6 cm³/mol. The Kier molecular flexibility index (Phi) is 2.70. The van der Waals surface area contributed by atoms with Crippen molar-refractivity contribution >= 4 is 38.4 Å². The third-order valence-corrected chi connectivity index (χ3v) is 3.34. The molecule has 1 aromatic heterocycles. The molecule has 2 nitrogen and oxygen atoms in total. The number of aromatic nitrogens is 2. The highest BCUT2D eigenvalue weighted by molar-refractivity contribution is 9.10. The zero-order valence-corrected chi connectivity index (χ0v) is 9.93. The van der Waals surface area contributed by atoms with E-state index in [4.69, 9.17) is 11.6 Å². The Balaban J connectivity index is 2.81. The molecule has 4 heteroatoms. The van der Waals surface area contributed by atoms with Gasteiger partial charge in [0, 0.05) is 9.86 Å². The van der Waals surface area contributed by atoms with Crippen LogP contribution in [-0.4, -0.2) is 10.2 Å². The first-order valence-electron chi connectivity index (χ1n) is 4.31. The molecule has 2 rings (SSSR count). The van der Waals surface area contributed by atoms with Gasteiger partial charge in [0.1, 0.15) is 0 Å². The number of rotatable bonds is 1. The summed E-state index contributed by atoms with van der Waals surface area (Å²) in [6, 6.07) is 3.82. The molecular formula is C10H8BrClN2. The smallest absolute Gasteiger partial charge is 0.0944 e. The highest BCUT2D eigenvalue weighted by atomic mass is 79.9. The number of aryl methyl sites for hydroxylation is 1. The Morgan fingerprint density at radius 3 is 2.93 bits per heavy atom. The maximum atomic E-state index is 6.02. The second kappa shape index (κ2) is 3.83. The maximum Gasteiger partial charge on any atom is 0.0944 e. The molecule has 72 valence electrons. The fraction of sp³-hybridized carbons (Fsp3) is 0.200. The molecule has 0 N–H and O–H groups in total. The summed E-state index contributed by atoms with van der Waals surface area (Å²) in [7, 11) is 0. The van der Waals surface area contributed by atoms with Crippen molar-refractivity contribution in [2.45, 2.75) is 13.3 Å². The first-order valence-corrected chi connectivity index (χ1v) is 5.48. The van der Waals surface area contributed by atoms with E-state index in [1.165, 1.54) is 5.56 Å². The summed E-state index contributed by atoms with van der Waals surface area (Å²) >= 11 is 9.38. The van der Waals surface area contributed by atoms with E-state index in [0.29, 0.717) is 5.02 Å². The minimum Gasteiger partial charge on any atom is -0.158 e. The molecule has 0 spiro atoms. The van der Waals surface area contributed by atoms with Gasteiger partial charge in [-0.15, -0.1) is 0 Å². The quantitative estimate of drug-likeness (QED) is 0.792. The van der Waals surface area contributed by atoms with Crippen molar-refractivity contribution in [3.05, 3.63) is 33.4 Å². The van der Waals surface area contributed by atoms with Gasteiger partial charge in [-0.25, -0.2) is 0 Å². The fourth-order valence-corrected chi connectivity index (χ4v) is 1.88. The Bertz CT molecular complexity index is 485. The second-order valence-corrected chi connectivity index (χ2v) is 4.27. The van der Waals surface area contributed by atoms with Crippen molar-refractivity contribution in [3.8, 4) is 0 Å². The maximum absolute atomic E-state index is 6.02. The first-order chi connectivity index (χ1) is 6.72. The van der Waals surface area contributed by atoms with Gasteiger partial charge in [0.15, 0.2) is 0 Å². The van der Waals surface area contributed by atoms with Crippen LogP contribution in [0.25, 0.3) is 10.9 Å². The summed E-state index contributed by atoms with van der Waals surface area (Å²) < 4.78 is 0.856. The fourth-order valence-electron chi connectivity index (χ4n) is 1.39. The van der Waals surface area contributed by atoms with Crippen molar-refractivity contribution < 1.29 is 0 Å². The molecule has 0 aliphatic carbocycles. The lowest BCUT2D eigenvalue weighted by atomic mass is 10.1. The summed E-state index contributed by atoms with van der Waals surface area (Å²) in [4.78, 5) is 0. The molecule has 0 unspecified atom stereocenters. The van der Waals surface area contributed by atoms with E-state index in [0.717, 1.165) is 21.8 Å². The van der Waals surface area contributed by atoms with Gasteiger partial charge >= 0.3 is 0 Å². The Labute approximate surface area is 95.4 Å². The summed E-state index contributed by atoms with van der Waals surface area (Å²) in [6.45, 7) is 2.09. The third kappa shape index (κ3) is 1.62. The summed E-state index contributed by atoms with van der Waals surface area (Å²) in [5, 5.41) is 9.78. The topological polar surface area (TPSA) is 25.8 Å². The Hall–Kier alpha value is -0.670. The summed E-state index contributed by atoms with van der Waals surface area (Å²) in [5.74, 6) is 0. The van der Waals surface area contributed by atoms with Gasteiger partial charge in [0.05, 0.1) is 16.7 Å². The molecule has 0 aliphatic rings. The standard InChI is InChI=1S/C10H8BrClN2/c1-2-6-5-13-14-10-4-8(11)9(12)3-7(6)10/h3-5H,2H2,1H3. The average molecular weight is 272 g/mol. The SMILES string of the molecule is CCc1cnnc2cc(Br)c(Cl)cc12. The summed E-state index contributed by atoms with van der Waals surface area (Å²) in [6.07, 6.45) is 2.72. The molecular weight excluding hydrogens is 263 g/mol. The van der Waals surface area contributed by atoms with Crippen LogP contribution >= 0.6 is 27.5 Å². The van der Waals surface area contributed by atoms with Crippen molar-refractivity contribution in [1.29, 1.82) is 0 Å². The molecule has 0 amide bonds. The lowest BCUT2D eigenvalue weighted by Gasteiger charge is -2.03. The Morgan fingerprint density at radius 1 is 1.43 bits per heavy atom. The average Bonchev–Trinajstić information content (AvgIpc) is 2.19. The molecule has 0 saturated heterocycles. The lowest BCUT2D eigenvalue weighted by molar-refractivity contribution is 1.03. The number of hydrogen-bond acceptors (Lipinski definition) is 2. The molecule has 0 fully saturated rings. The van der Waals surface area contributed by atoms with E-state index >= 15 is 0 Å². The van der Waals surface area contributed by atoms with E-state index < -0.39 is 0 Å². The van der Waals surface area contributed by atoms with Gasteiger partial charge in [-0.1, -0.05) is 18.5 Å². The number of halogens is 2. The highest BCUT2D eigenvalue weighted by Crippen LogP contribution is 2.28. The Morgan fingerprint density at radius 2 is 2.21 bits per heavy atom. The predicted octanol–water partition coefficient (Wildman–Crippen LogP) is 3.61. The lowest BCUT2D eigenvalue weighted by Crippen LogP contribution is -1.90. The zero-order chi connectivity index (χ0) is 10.1. The van der Waals surface area contributed by atoms with Crippen LogP contribution in [0.4, 0.5) is 0 Å². The number of nitrogens with zero attached hydrogens (tertiary/aromatic N) is 2. The van der Waals surface area contributed by atoms with Crippen molar-refractivity contribution in [2.75, 3.05) is 0 Å². The molecule has 0 radical (unpaired) electrons. The van der Waals surface area contributed by atoms with Gasteiger partial charge in [-0.05, 0) is 40.0 Å². The molecule has 0 saturated carbocycles. The van der Waals surface area contributed by atoms with Gasteiger partial charge < -0.3 is 0 Å². The van der Waals surface area contributed by atoms with Gasteiger partial charge in [0.25, 0.3) is 0 Å². The highest BCUT2D eigenvalue weighted by Gasteiger charge is 2.05. The van der Waals surface area contributed by atoms with Crippen molar-refractivity contribution in [3.63, 3.8) is 0 Å². The van der Waals surface area contributed by atoms with Crippen LogP contribution in [0.3, 0.4) is 0 Å². The van der Waals surface area contributed by atoms with Gasteiger partial charge in [-0.3, -0.25) is 0 Å². The van der Waals surface area contributed by atoms with Crippen LogP contribution in [0.5, 0.6) is 0 Å². The van der Waals surface area contributed by atoms with E-state index in [2.05, 4.69) is 33.1 Å². The normalized spacial score (nSPS) is 10.8. The molecule has 0 bridgehead atoms. The van der Waals surface area contributed by atoms with E-state index in [9.17, 15) is 0 Å². The van der Waals surface area contributed by atoms with Crippen LogP contribution < -0.4 is 0 Å². The number of hydrogen-bond donors (Lipinski definition) is 0. The van der Waals surface area contributed by atoms with Crippen LogP contribution in [0.15, 0.2) is 22.8 Å². The van der Waals surface area contributed by atoms with Crippen molar-refractivity contribution in [2.24, 2.45) is 0 Å². The largest absolute Gasteiger partial charge is 0.158 e. The molecule has 0 atom stereocenters. The van der Waals surface area contributed by atoms with Crippen LogP contribution in [0.2, 0.25) is 5.02 Å². The van der Waals surface area contributed by atoms with Crippen LogP contribution in [-0.2, 0) is 6.42 Å². The van der Waals surface area contributed by atoms with Crippen molar-refractivity contribution in [1.82, 2.24) is 10.2 Å².